The standard InChI is InChI=1S/C24H42O6/c1-23(2,3)19(25)13-9-7-11-17-29-21(27)14-10-8-12-18-30-22(28)16-15-20(26)24(4,5)6/h7-18H2,1-6H3. The van der Waals surface area contributed by atoms with Crippen LogP contribution in [0.25, 0.3) is 0 Å². The molecule has 0 unspecified atom stereocenters. The van der Waals surface area contributed by atoms with Crippen molar-refractivity contribution in [1.29, 1.82) is 0 Å². The fraction of sp³-hybridized carbons (Fsp3) is 0.833. The maximum atomic E-state index is 11.8. The summed E-state index contributed by atoms with van der Waals surface area (Å²) in [7, 11) is 0. The molecule has 6 heteroatoms. The number of carbonyl (C=O) groups excluding carboxylic acids is 4. The second-order valence-corrected chi connectivity index (χ2v) is 9.91. The molecular formula is C24H42O6. The lowest BCUT2D eigenvalue weighted by Gasteiger charge is -2.16. The first-order valence-electron chi connectivity index (χ1n) is 11.2. The van der Waals surface area contributed by atoms with Crippen LogP contribution in [0.5, 0.6) is 0 Å². The molecule has 0 bridgehead atoms. The van der Waals surface area contributed by atoms with E-state index < -0.39 is 5.41 Å². The van der Waals surface area contributed by atoms with Crippen molar-refractivity contribution >= 4 is 23.5 Å². The van der Waals surface area contributed by atoms with E-state index in [4.69, 9.17) is 9.47 Å². The molecule has 0 heterocycles. The molecule has 0 aromatic carbocycles. The van der Waals surface area contributed by atoms with Crippen LogP contribution >= 0.6 is 0 Å². The van der Waals surface area contributed by atoms with Crippen LogP contribution in [0.3, 0.4) is 0 Å². The summed E-state index contributed by atoms with van der Waals surface area (Å²) in [6.07, 6.45) is 5.90. The topological polar surface area (TPSA) is 86.7 Å². The largest absolute Gasteiger partial charge is 0.466 e. The van der Waals surface area contributed by atoms with Crippen molar-refractivity contribution in [3.05, 3.63) is 0 Å². The molecule has 0 N–H and O–H groups in total. The fourth-order valence-corrected chi connectivity index (χ4v) is 2.59. The van der Waals surface area contributed by atoms with Crippen LogP contribution in [0.1, 0.15) is 106 Å². The van der Waals surface area contributed by atoms with Crippen LogP contribution in [0.4, 0.5) is 0 Å². The Hall–Kier alpha value is -1.72. The zero-order chi connectivity index (χ0) is 23.2. The van der Waals surface area contributed by atoms with Gasteiger partial charge < -0.3 is 9.47 Å². The molecule has 0 aromatic rings. The lowest BCUT2D eigenvalue weighted by Crippen LogP contribution is -2.21. The number of Topliss-reactive ketones (excluding diaryl/α,β-unsaturated/α-hetero) is 2. The molecule has 0 spiro atoms. The Labute approximate surface area is 182 Å². The molecule has 0 saturated carbocycles. The van der Waals surface area contributed by atoms with Crippen molar-refractivity contribution in [2.24, 2.45) is 10.8 Å². The van der Waals surface area contributed by atoms with E-state index in [1.165, 1.54) is 0 Å². The minimum atomic E-state index is -0.430. The summed E-state index contributed by atoms with van der Waals surface area (Å²) in [5.41, 5.74) is -0.712. The van der Waals surface area contributed by atoms with E-state index in [9.17, 15) is 19.2 Å². The number of ketones is 2. The van der Waals surface area contributed by atoms with Crippen molar-refractivity contribution in [1.82, 2.24) is 0 Å². The summed E-state index contributed by atoms with van der Waals surface area (Å²) < 4.78 is 10.3. The highest BCUT2D eigenvalue weighted by Crippen LogP contribution is 2.19. The van der Waals surface area contributed by atoms with Crippen LogP contribution in [-0.2, 0) is 28.7 Å². The average molecular weight is 427 g/mol. The van der Waals surface area contributed by atoms with Gasteiger partial charge in [0.2, 0.25) is 0 Å². The molecule has 0 fully saturated rings. The fourth-order valence-electron chi connectivity index (χ4n) is 2.59. The number of rotatable bonds is 15. The first-order chi connectivity index (χ1) is 13.8. The van der Waals surface area contributed by atoms with Gasteiger partial charge in [0.05, 0.1) is 19.6 Å². The van der Waals surface area contributed by atoms with E-state index in [0.717, 1.165) is 25.7 Å². The van der Waals surface area contributed by atoms with E-state index in [0.29, 0.717) is 38.9 Å². The second kappa shape index (κ2) is 14.3. The van der Waals surface area contributed by atoms with E-state index >= 15 is 0 Å². The van der Waals surface area contributed by atoms with Crippen LogP contribution in [0.15, 0.2) is 0 Å². The number of carbonyl (C=O) groups is 4. The summed E-state index contributed by atoms with van der Waals surface area (Å²) in [6, 6.07) is 0. The molecule has 174 valence electrons. The SMILES string of the molecule is CC(C)(C)C(=O)CCCCCOC(=O)CCCCCOC(=O)CCC(=O)C(C)(C)C. The summed E-state index contributed by atoms with van der Waals surface area (Å²) >= 11 is 0. The van der Waals surface area contributed by atoms with Gasteiger partial charge in [0.1, 0.15) is 11.6 Å². The van der Waals surface area contributed by atoms with Crippen LogP contribution in [0.2, 0.25) is 0 Å². The van der Waals surface area contributed by atoms with Gasteiger partial charge in [-0.1, -0.05) is 41.5 Å². The van der Waals surface area contributed by atoms with Gasteiger partial charge in [-0.3, -0.25) is 19.2 Å². The Morgan fingerprint density at radius 1 is 0.500 bits per heavy atom. The molecule has 0 aliphatic heterocycles. The highest BCUT2D eigenvalue weighted by molar-refractivity contribution is 5.86. The Morgan fingerprint density at radius 3 is 1.37 bits per heavy atom. The number of hydrogen-bond donors (Lipinski definition) is 0. The van der Waals surface area contributed by atoms with Crippen LogP contribution in [-0.4, -0.2) is 36.7 Å². The van der Waals surface area contributed by atoms with Crippen LogP contribution < -0.4 is 0 Å². The maximum Gasteiger partial charge on any atom is 0.306 e. The van der Waals surface area contributed by atoms with Gasteiger partial charge in [0.15, 0.2) is 0 Å². The Kier molecular flexibility index (Phi) is 13.5. The van der Waals surface area contributed by atoms with E-state index in [1.54, 1.807) is 0 Å². The lowest BCUT2D eigenvalue weighted by atomic mass is 9.88. The molecule has 0 saturated heterocycles. The highest BCUT2D eigenvalue weighted by Gasteiger charge is 2.22. The van der Waals surface area contributed by atoms with E-state index in [1.807, 2.05) is 41.5 Å². The van der Waals surface area contributed by atoms with Gasteiger partial charge in [0.25, 0.3) is 0 Å². The predicted molar refractivity (Wildman–Crippen MR) is 117 cm³/mol. The summed E-state index contributed by atoms with van der Waals surface area (Å²) in [6.45, 7) is 12.0. The number of hydrogen-bond acceptors (Lipinski definition) is 6. The van der Waals surface area contributed by atoms with Crippen molar-refractivity contribution in [2.75, 3.05) is 13.2 Å². The highest BCUT2D eigenvalue weighted by atomic mass is 16.5. The zero-order valence-electron chi connectivity index (χ0n) is 19.9. The molecule has 30 heavy (non-hydrogen) atoms. The van der Waals surface area contributed by atoms with Gasteiger partial charge in [-0.15, -0.1) is 0 Å². The monoisotopic (exact) mass is 426 g/mol. The van der Waals surface area contributed by atoms with Gasteiger partial charge in [-0.2, -0.15) is 0 Å². The third-order valence-electron chi connectivity index (χ3n) is 4.83. The first-order valence-corrected chi connectivity index (χ1v) is 11.2. The number of esters is 2. The normalized spacial score (nSPS) is 11.8. The molecule has 0 rings (SSSR count). The minimum Gasteiger partial charge on any atom is -0.466 e. The lowest BCUT2D eigenvalue weighted by molar-refractivity contribution is -0.146. The number of unbranched alkanes of at least 4 members (excludes halogenated alkanes) is 4. The van der Waals surface area contributed by atoms with E-state index in [2.05, 4.69) is 0 Å². The second-order valence-electron chi connectivity index (χ2n) is 9.91. The quantitative estimate of drug-likeness (QED) is 0.264. The van der Waals surface area contributed by atoms with Crippen molar-refractivity contribution in [2.45, 2.75) is 106 Å². The van der Waals surface area contributed by atoms with Crippen LogP contribution in [0, 0.1) is 10.8 Å². The molecule has 0 amide bonds. The summed E-state index contributed by atoms with van der Waals surface area (Å²) in [5.74, 6) is -0.241. The van der Waals surface area contributed by atoms with Crippen molar-refractivity contribution in [3.8, 4) is 0 Å². The Balaban J connectivity index is 3.56. The average Bonchev–Trinajstić information content (AvgIpc) is 2.63. The van der Waals surface area contributed by atoms with Gasteiger partial charge in [-0.05, 0) is 38.5 Å². The van der Waals surface area contributed by atoms with E-state index in [-0.39, 0.29) is 41.8 Å². The molecule has 0 aliphatic carbocycles. The Bertz CT molecular complexity index is 551. The summed E-state index contributed by atoms with van der Waals surface area (Å²) in [4.78, 5) is 46.9. The molecule has 0 atom stereocenters. The molecule has 6 nitrogen and oxygen atoms in total. The third-order valence-corrected chi connectivity index (χ3v) is 4.83. The zero-order valence-corrected chi connectivity index (χ0v) is 19.9. The molecule has 0 aromatic heterocycles. The smallest absolute Gasteiger partial charge is 0.306 e. The van der Waals surface area contributed by atoms with Gasteiger partial charge >= 0.3 is 11.9 Å². The van der Waals surface area contributed by atoms with Crippen molar-refractivity contribution in [3.63, 3.8) is 0 Å². The third kappa shape index (κ3) is 15.2. The molecule has 0 aliphatic rings. The molecule has 0 radical (unpaired) electrons. The van der Waals surface area contributed by atoms with Gasteiger partial charge in [-0.25, -0.2) is 0 Å². The van der Waals surface area contributed by atoms with Crippen molar-refractivity contribution < 1.29 is 28.7 Å². The maximum absolute atomic E-state index is 11.8. The first kappa shape index (κ1) is 28.3. The van der Waals surface area contributed by atoms with Gasteiger partial charge in [0, 0.05) is 30.1 Å². The minimum absolute atomic E-state index is 0.0522. The summed E-state index contributed by atoms with van der Waals surface area (Å²) in [5, 5.41) is 0. The predicted octanol–water partition coefficient (Wildman–Crippen LogP) is 5.20. The number of ether oxygens (including phenoxy) is 2. The Morgan fingerprint density at radius 2 is 0.900 bits per heavy atom. The molecular weight excluding hydrogens is 384 g/mol.